The fraction of sp³-hybridized carbons (Fsp3) is 0.250. The molecule has 13 heteroatoms. The van der Waals surface area contributed by atoms with Crippen molar-refractivity contribution in [2.24, 2.45) is 0 Å². The predicted octanol–water partition coefficient (Wildman–Crippen LogP) is 3.76. The van der Waals surface area contributed by atoms with Crippen LogP contribution in [0.2, 0.25) is 0 Å². The predicted molar refractivity (Wildman–Crippen MR) is 109 cm³/mol. The van der Waals surface area contributed by atoms with E-state index >= 15 is 0 Å². The third-order valence-corrected chi connectivity index (χ3v) is 4.59. The number of nitrogens with one attached hydrogen (secondary N) is 1. The largest absolute Gasteiger partial charge is 0.481 e. The van der Waals surface area contributed by atoms with E-state index in [0.717, 1.165) is 19.3 Å². The molecule has 33 heavy (non-hydrogen) atoms. The molecule has 0 bridgehead atoms. The van der Waals surface area contributed by atoms with E-state index in [2.05, 4.69) is 15.4 Å². The zero-order valence-corrected chi connectivity index (χ0v) is 17.1. The summed E-state index contributed by atoms with van der Waals surface area (Å²) in [5.74, 6) is -0.828. The van der Waals surface area contributed by atoms with Crippen LogP contribution in [-0.4, -0.2) is 33.0 Å². The van der Waals surface area contributed by atoms with E-state index in [1.165, 1.54) is 30.3 Å². The van der Waals surface area contributed by atoms with Crippen LogP contribution in [0.3, 0.4) is 0 Å². The number of pyridine rings is 1. The molecule has 176 valence electrons. The van der Waals surface area contributed by atoms with Crippen LogP contribution in [0.15, 0.2) is 42.7 Å². The molecule has 1 amide bonds. The number of aromatic nitrogens is 3. The van der Waals surface area contributed by atoms with Crippen molar-refractivity contribution in [3.8, 4) is 16.9 Å². The normalized spacial score (nSPS) is 12.6. The maximum Gasteiger partial charge on any atom is 0.425 e. The number of benzene rings is 1. The van der Waals surface area contributed by atoms with E-state index < -0.39 is 24.7 Å². The summed E-state index contributed by atoms with van der Waals surface area (Å²) in [6.07, 6.45) is -4.25. The third-order valence-electron chi connectivity index (χ3n) is 4.59. The molecular weight excluding hydrogens is 451 g/mol. The van der Waals surface area contributed by atoms with Crippen molar-refractivity contribution >= 4 is 17.5 Å². The highest BCUT2D eigenvalue weighted by Gasteiger charge is 2.38. The monoisotopic (exact) mass is 470 g/mol. The highest BCUT2D eigenvalue weighted by atomic mass is 19.4. The number of anilines is 2. The topological polar surface area (TPSA) is 121 Å². The first-order valence-electron chi connectivity index (χ1n) is 9.45. The van der Waals surface area contributed by atoms with Crippen molar-refractivity contribution in [2.45, 2.75) is 32.3 Å². The quantitative estimate of drug-likeness (QED) is 0.452. The highest BCUT2D eigenvalue weighted by Crippen LogP contribution is 2.29. The smallest absolute Gasteiger partial charge is 0.425 e. The Labute approximate surface area is 184 Å². The van der Waals surface area contributed by atoms with Crippen LogP contribution in [0.4, 0.5) is 33.6 Å². The second-order valence-corrected chi connectivity index (χ2v) is 6.97. The molecule has 3 rings (SSSR count). The van der Waals surface area contributed by atoms with E-state index in [1.54, 1.807) is 0 Å². The molecule has 5 N–H and O–H groups in total. The molecule has 1 aromatic carbocycles. The summed E-state index contributed by atoms with van der Waals surface area (Å²) in [6.45, 7) is -1.93. The average molecular weight is 470 g/mol. The van der Waals surface area contributed by atoms with Gasteiger partial charge >= 0.3 is 12.7 Å². The van der Waals surface area contributed by atoms with Crippen molar-refractivity contribution in [3.63, 3.8) is 0 Å². The first-order valence-corrected chi connectivity index (χ1v) is 9.45. The van der Waals surface area contributed by atoms with Crippen molar-refractivity contribution in [1.82, 2.24) is 20.1 Å². The summed E-state index contributed by atoms with van der Waals surface area (Å²) in [7, 11) is 0. The fourth-order valence-corrected chi connectivity index (χ4v) is 2.77. The summed E-state index contributed by atoms with van der Waals surface area (Å²) in [5, 5.41) is 6.12. The second kappa shape index (κ2) is 9.30. The lowest BCUT2D eigenvalue weighted by molar-refractivity contribution is -0.189. The van der Waals surface area contributed by atoms with Crippen LogP contribution in [-0.2, 0) is 6.54 Å². The number of nitrogen functional groups attached to an aromatic ring is 2. The van der Waals surface area contributed by atoms with Crippen molar-refractivity contribution in [3.05, 3.63) is 53.9 Å². The summed E-state index contributed by atoms with van der Waals surface area (Å²) in [5.41, 5.74) is 12.6. The molecule has 0 aliphatic rings. The molecule has 1 atom stereocenters. The summed E-state index contributed by atoms with van der Waals surface area (Å²) in [6, 6.07) is 7.00. The Hall–Kier alpha value is -3.90. The second-order valence-electron chi connectivity index (χ2n) is 6.97. The number of carbonyl (C=O) groups is 1. The number of hydrogen-bond donors (Lipinski definition) is 3. The van der Waals surface area contributed by atoms with Gasteiger partial charge in [0.05, 0.1) is 11.8 Å². The van der Waals surface area contributed by atoms with Gasteiger partial charge in [-0.2, -0.15) is 27.1 Å². The van der Waals surface area contributed by atoms with Gasteiger partial charge in [0.2, 0.25) is 0 Å². The Morgan fingerprint density at radius 1 is 1.18 bits per heavy atom. The van der Waals surface area contributed by atoms with Crippen LogP contribution in [0.5, 0.6) is 5.75 Å². The number of hydrogen-bond acceptors (Lipinski definition) is 6. The molecule has 3 aromatic rings. The van der Waals surface area contributed by atoms with Gasteiger partial charge in [-0.1, -0.05) is 12.1 Å². The van der Waals surface area contributed by atoms with Crippen LogP contribution in [0, 0.1) is 0 Å². The van der Waals surface area contributed by atoms with Gasteiger partial charge in [0.1, 0.15) is 17.4 Å². The van der Waals surface area contributed by atoms with Crippen molar-refractivity contribution in [2.75, 3.05) is 11.5 Å². The number of halogens is 5. The third kappa shape index (κ3) is 5.67. The lowest BCUT2D eigenvalue weighted by Crippen LogP contribution is -2.31. The first-order chi connectivity index (χ1) is 15.5. The maximum atomic E-state index is 12.8. The number of alkyl halides is 5. The fourth-order valence-electron chi connectivity index (χ4n) is 2.77. The molecular formula is C20H19F5N6O2. The van der Waals surface area contributed by atoms with Crippen LogP contribution in [0.1, 0.15) is 29.4 Å². The summed E-state index contributed by atoms with van der Waals surface area (Å²) < 4.78 is 68.6. The maximum absolute atomic E-state index is 12.8. The molecule has 0 spiro atoms. The van der Waals surface area contributed by atoms with E-state index in [4.69, 9.17) is 16.2 Å². The molecule has 0 aliphatic carbocycles. The van der Waals surface area contributed by atoms with Gasteiger partial charge in [-0.3, -0.25) is 4.79 Å². The molecule has 0 radical (unpaired) electrons. The van der Waals surface area contributed by atoms with E-state index in [9.17, 15) is 26.7 Å². The minimum absolute atomic E-state index is 0.0240. The first kappa shape index (κ1) is 23.8. The number of carbonyl (C=O) groups excluding carboxylic acids is 1. The highest BCUT2D eigenvalue weighted by molar-refractivity contribution is 6.00. The van der Waals surface area contributed by atoms with Crippen molar-refractivity contribution < 1.29 is 31.5 Å². The van der Waals surface area contributed by atoms with Crippen LogP contribution < -0.4 is 21.5 Å². The number of amides is 1. The van der Waals surface area contributed by atoms with E-state index in [1.807, 2.05) is 0 Å². The molecule has 2 aromatic heterocycles. The van der Waals surface area contributed by atoms with Crippen LogP contribution >= 0.6 is 0 Å². The lowest BCUT2D eigenvalue weighted by atomic mass is 10.1. The zero-order chi connectivity index (χ0) is 24.3. The summed E-state index contributed by atoms with van der Waals surface area (Å²) >= 11 is 0. The van der Waals surface area contributed by atoms with Gasteiger partial charge in [-0.15, -0.1) is 0 Å². The van der Waals surface area contributed by atoms with Gasteiger partial charge in [0.15, 0.2) is 6.10 Å². The van der Waals surface area contributed by atoms with E-state index in [-0.39, 0.29) is 40.6 Å². The number of nitrogens with zero attached hydrogens (tertiary/aromatic N) is 3. The number of nitrogens with two attached hydrogens (primary N) is 2. The Balaban J connectivity index is 1.70. The van der Waals surface area contributed by atoms with Gasteiger partial charge in [0, 0.05) is 23.9 Å². The van der Waals surface area contributed by atoms with Gasteiger partial charge in [-0.25, -0.2) is 9.67 Å². The average Bonchev–Trinajstić information content (AvgIpc) is 3.23. The Morgan fingerprint density at radius 3 is 2.42 bits per heavy atom. The molecule has 2 heterocycles. The van der Waals surface area contributed by atoms with Crippen molar-refractivity contribution in [1.29, 1.82) is 0 Å². The van der Waals surface area contributed by atoms with E-state index in [0.29, 0.717) is 10.2 Å². The van der Waals surface area contributed by atoms with Gasteiger partial charge in [0.25, 0.3) is 5.91 Å². The molecule has 0 fully saturated rings. The SMILES string of the molecule is C[C@@H](Oc1ccc(CNC(=O)c2cc(-c3cnn(C(F)F)c3)c(N)nc2N)cc1)C(F)(F)F. The Bertz CT molecular complexity index is 1130. The Kier molecular flexibility index (Phi) is 6.70. The van der Waals surface area contributed by atoms with Gasteiger partial charge < -0.3 is 21.5 Å². The molecule has 8 nitrogen and oxygen atoms in total. The molecule has 0 saturated carbocycles. The number of rotatable bonds is 7. The van der Waals surface area contributed by atoms with Crippen LogP contribution in [0.25, 0.3) is 11.1 Å². The molecule has 0 saturated heterocycles. The lowest BCUT2D eigenvalue weighted by Gasteiger charge is -2.17. The Morgan fingerprint density at radius 2 is 1.85 bits per heavy atom. The molecule has 0 aliphatic heterocycles. The molecule has 0 unspecified atom stereocenters. The minimum atomic E-state index is -4.49. The summed E-state index contributed by atoms with van der Waals surface area (Å²) in [4.78, 5) is 16.5. The zero-order valence-electron chi connectivity index (χ0n) is 17.1. The minimum Gasteiger partial charge on any atom is -0.481 e. The number of ether oxygens (including phenoxy) is 1. The standard InChI is InChI=1S/C20H19F5N6O2/c1-10(20(23,24)25)33-13-4-2-11(3-5-13)7-28-18(32)15-6-14(16(26)30-17(15)27)12-8-29-31(9-12)19(21)22/h2-6,8-10,19H,7H2,1H3,(H,28,32)(H4,26,27,30)/t10-/m1/s1. The van der Waals surface area contributed by atoms with Gasteiger partial charge in [-0.05, 0) is 30.7 Å².